The van der Waals surface area contributed by atoms with E-state index in [-0.39, 0.29) is 57.0 Å². The van der Waals surface area contributed by atoms with Crippen molar-refractivity contribution in [1.29, 1.82) is 5.26 Å². The van der Waals surface area contributed by atoms with Gasteiger partial charge in [-0.05, 0) is 60.2 Å². The molecule has 1 aromatic carbocycles. The number of aromatic nitrogens is 9. The van der Waals surface area contributed by atoms with Gasteiger partial charge in [-0.2, -0.15) is 5.26 Å². The van der Waals surface area contributed by atoms with Gasteiger partial charge in [-0.25, -0.2) is 29.3 Å². The predicted molar refractivity (Wildman–Crippen MR) is 274 cm³/mol. The van der Waals surface area contributed by atoms with Crippen LogP contribution in [0.4, 0.5) is 5.82 Å². The second kappa shape index (κ2) is 21.2. The monoisotopic (exact) mass is 1100 g/mol. The third-order valence-electron chi connectivity index (χ3n) is 13.8. The van der Waals surface area contributed by atoms with Crippen LogP contribution < -0.4 is 10.9 Å². The molecule has 0 radical (unpaired) electrons. The lowest BCUT2D eigenvalue weighted by molar-refractivity contribution is -0.0575. The topological polar surface area (TPSA) is 296 Å². The molecular weight excluding hydrogens is 1040 g/mol. The Labute approximate surface area is 428 Å². The van der Waals surface area contributed by atoms with Crippen LogP contribution in [0.15, 0.2) is 66.5 Å². The normalized spacial score (nSPS) is 24.1. The Hall–Kier alpha value is -4.60. The Bertz CT molecular complexity index is 3140. The van der Waals surface area contributed by atoms with Crippen LogP contribution in [0.5, 0.6) is 0 Å². The second-order valence-electron chi connectivity index (χ2n) is 20.6. The predicted octanol–water partition coefficient (Wildman–Crippen LogP) is 6.62. The van der Waals surface area contributed by atoms with Crippen molar-refractivity contribution >= 4 is 83.2 Å². The van der Waals surface area contributed by atoms with Crippen LogP contribution in [0.2, 0.25) is 36.3 Å². The van der Waals surface area contributed by atoms with E-state index in [2.05, 4.69) is 56.0 Å². The molecule has 29 heteroatoms. The van der Waals surface area contributed by atoms with Gasteiger partial charge in [0, 0.05) is 22.5 Å². The minimum absolute atomic E-state index is 0.0645. The van der Waals surface area contributed by atoms with E-state index in [0.717, 1.165) is 0 Å². The highest BCUT2D eigenvalue weighted by Gasteiger charge is 2.57. The smallest absolute Gasteiger partial charge is 0.408 e. The summed E-state index contributed by atoms with van der Waals surface area (Å²) in [4.78, 5) is 62.5. The number of nitrogens with one attached hydrogen (secondary N) is 2. The summed E-state index contributed by atoms with van der Waals surface area (Å²) in [5, 5.41) is 22.7. The van der Waals surface area contributed by atoms with Gasteiger partial charge in [-0.1, -0.05) is 59.7 Å². The molecule has 2 aliphatic rings. The number of H-pyrrole nitrogens is 1. The number of aliphatic hydroxyl groups is 1. The number of carbonyl (C=O) groups excluding carboxylic acids is 1. The van der Waals surface area contributed by atoms with Crippen LogP contribution in [0.1, 0.15) is 70.8 Å². The highest BCUT2D eigenvalue weighted by atomic mass is 32.5. The maximum atomic E-state index is 13.5. The zero-order chi connectivity index (χ0) is 52.8. The van der Waals surface area contributed by atoms with Crippen molar-refractivity contribution in [3.8, 4) is 6.07 Å². The van der Waals surface area contributed by atoms with Crippen LogP contribution in [-0.4, -0.2) is 132 Å². The molecule has 5 aromatic heterocycles. The minimum Gasteiger partial charge on any atom is -0.408 e. The van der Waals surface area contributed by atoms with Gasteiger partial charge in [-0.3, -0.25) is 23.2 Å². The molecule has 2 aliphatic heterocycles. The van der Waals surface area contributed by atoms with Gasteiger partial charge < -0.3 is 42.8 Å². The Morgan fingerprint density at radius 2 is 1.55 bits per heavy atom. The third kappa shape index (κ3) is 11.2. The fourth-order valence-electron chi connectivity index (χ4n) is 7.92. The SMILES string of the molecule is CC(C)(C)[Si](C)(C)O[C@@H]1[C@H](O[P+](=O)O)[C@@H](COP(=S)(OCCC#N)O[C@@H]2[C@H](O[Si](C)(C)C(C)(C)C)[C@@H](CO)O[C@H]2n2cnc3c(NC(=O)c4ccccc4)ncnc32)O[C@H]1n1cnc2c(=O)n3ccnc3[nH]c21. The van der Waals surface area contributed by atoms with E-state index in [1.54, 1.807) is 39.5 Å². The van der Waals surface area contributed by atoms with Crippen LogP contribution in [0.25, 0.3) is 28.1 Å². The Morgan fingerprint density at radius 1 is 0.904 bits per heavy atom. The molecule has 10 atom stereocenters. The summed E-state index contributed by atoms with van der Waals surface area (Å²) in [6.45, 7) is 14.9. The van der Waals surface area contributed by atoms with E-state index >= 15 is 0 Å². The molecule has 6 aromatic rings. The van der Waals surface area contributed by atoms with E-state index in [9.17, 15) is 29.4 Å². The highest BCUT2D eigenvalue weighted by Crippen LogP contribution is 2.56. The summed E-state index contributed by atoms with van der Waals surface area (Å²) in [5.41, 5.74) is 0.681. The number of carbonyl (C=O) groups is 1. The number of amides is 1. The van der Waals surface area contributed by atoms with Crippen molar-refractivity contribution in [3.63, 3.8) is 0 Å². The molecule has 73 heavy (non-hydrogen) atoms. The van der Waals surface area contributed by atoms with Gasteiger partial charge in [0.1, 0.15) is 42.5 Å². The van der Waals surface area contributed by atoms with Crippen molar-refractivity contribution in [2.45, 2.75) is 133 Å². The van der Waals surface area contributed by atoms with Crippen molar-refractivity contribution in [3.05, 3.63) is 77.6 Å². The number of aromatic amines is 1. The molecule has 24 nitrogen and oxygen atoms in total. The zero-order valence-corrected chi connectivity index (χ0v) is 46.5. The van der Waals surface area contributed by atoms with E-state index in [0.29, 0.717) is 5.56 Å². The number of imidazole rings is 3. The number of benzene rings is 1. The van der Waals surface area contributed by atoms with E-state index in [4.69, 9.17) is 48.2 Å². The fraction of sp³-hybridized carbons (Fsp3) is 0.545. The summed E-state index contributed by atoms with van der Waals surface area (Å²) in [7, 11) is -8.78. The molecule has 0 bridgehead atoms. The summed E-state index contributed by atoms with van der Waals surface area (Å²) in [6.07, 6.45) is -2.26. The summed E-state index contributed by atoms with van der Waals surface area (Å²) in [5.74, 6) is -0.0782. The Kier molecular flexibility index (Phi) is 15.9. The largest absolute Gasteiger partial charge is 0.695 e. The number of hydrogen-bond donors (Lipinski definition) is 4. The first-order valence-corrected chi connectivity index (χ1v) is 32.9. The molecule has 7 heterocycles. The van der Waals surface area contributed by atoms with E-state index < -0.39 is 105 Å². The van der Waals surface area contributed by atoms with Crippen molar-refractivity contribution < 1.29 is 55.8 Å². The molecule has 4 N–H and O–H groups in total. The Morgan fingerprint density at radius 3 is 2.21 bits per heavy atom. The molecule has 2 saturated heterocycles. The van der Waals surface area contributed by atoms with Gasteiger partial charge in [0.05, 0.1) is 45.0 Å². The molecular formula is C44H60N11O13P2SSi2+. The van der Waals surface area contributed by atoms with Gasteiger partial charge in [0.2, 0.25) is 5.78 Å². The number of fused-ring (bicyclic) bond motifs is 3. The van der Waals surface area contributed by atoms with Gasteiger partial charge in [0.15, 0.2) is 57.7 Å². The summed E-state index contributed by atoms with van der Waals surface area (Å²) >= 11 is 6.22. The van der Waals surface area contributed by atoms with Crippen molar-refractivity contribution in [1.82, 2.24) is 43.4 Å². The van der Waals surface area contributed by atoms with E-state index in [1.807, 2.05) is 53.0 Å². The Balaban J connectivity index is 1.18. The number of rotatable bonds is 19. The first-order chi connectivity index (χ1) is 34.4. The summed E-state index contributed by atoms with van der Waals surface area (Å²) in [6, 6.07) is 10.6. The van der Waals surface area contributed by atoms with Crippen LogP contribution in [0, 0.1) is 11.3 Å². The average Bonchev–Trinajstić information content (AvgIpc) is 4.17. The first kappa shape index (κ1) is 54.7. The number of anilines is 1. The lowest BCUT2D eigenvalue weighted by Gasteiger charge is -2.41. The highest BCUT2D eigenvalue weighted by molar-refractivity contribution is 8.07. The van der Waals surface area contributed by atoms with Crippen molar-refractivity contribution in [2.24, 2.45) is 0 Å². The maximum absolute atomic E-state index is 13.5. The van der Waals surface area contributed by atoms with Crippen LogP contribution in [-0.2, 0) is 52.8 Å². The van der Waals surface area contributed by atoms with Crippen LogP contribution >= 0.6 is 15.0 Å². The fourth-order valence-corrected chi connectivity index (χ4v) is 13.1. The molecule has 1 amide bonds. The number of aliphatic hydroxyl groups excluding tert-OH is 1. The maximum Gasteiger partial charge on any atom is 0.695 e. The van der Waals surface area contributed by atoms with Gasteiger partial charge >= 0.3 is 15.0 Å². The average molecular weight is 1100 g/mol. The molecule has 8 rings (SSSR count). The summed E-state index contributed by atoms with van der Waals surface area (Å²) < 4.78 is 70.0. The lowest BCUT2D eigenvalue weighted by atomic mass is 10.1. The molecule has 0 spiro atoms. The first-order valence-electron chi connectivity index (χ1n) is 23.4. The molecule has 2 fully saturated rings. The minimum atomic E-state index is -4.14. The van der Waals surface area contributed by atoms with Gasteiger partial charge in [0.25, 0.3) is 11.5 Å². The third-order valence-corrected chi connectivity index (χ3v) is 25.5. The number of ether oxygens (including phenoxy) is 2. The van der Waals surface area contributed by atoms with Gasteiger partial charge in [-0.15, -0.1) is 9.42 Å². The van der Waals surface area contributed by atoms with E-state index in [1.165, 1.54) is 35.8 Å². The molecule has 392 valence electrons. The van der Waals surface area contributed by atoms with Crippen molar-refractivity contribution in [2.75, 3.05) is 25.1 Å². The molecule has 2 unspecified atom stereocenters. The molecule has 0 saturated carbocycles. The number of nitrogens with zero attached hydrogens (tertiary/aromatic N) is 9. The van der Waals surface area contributed by atoms with Crippen LogP contribution in [0.3, 0.4) is 0 Å². The molecule has 0 aliphatic carbocycles. The lowest BCUT2D eigenvalue weighted by Crippen LogP contribution is -2.50. The zero-order valence-electron chi connectivity index (χ0n) is 41.9. The quantitative estimate of drug-likeness (QED) is 0.0376. The number of nitriles is 1. The standard InChI is InChI=1S/C44H59N11O13P2SSi2/c1-43(2,3)72(7,8)67-32-27(21-56)63-40(54-24-49-29-35(47-23-48-36(29)54)51-38(57)26-15-12-11-13-16-26)33(32)66-70(71,61-20-14-17-45)62-22-28-31(65-69(59)60)34(68-73(9,10)44(4,5)6)41(64-28)55-25-50-30-37(55)52-42-46-18-19-53(42)39(30)58/h11-13,15-16,18-19,23-25,27-28,31-34,40-41,56H,14,20-22H2,1-10H3,(H2-,46,47,48,51,52,57,58,59,60)/p+1/t27-,28-,31-,32-,33-,34-,40-,41-,70?/m1/s1. The second-order valence-corrected chi connectivity index (χ2v) is 33.8. The number of hydrogen-bond acceptors (Lipinski definition) is 19.